The number of carbonyl (C=O) groups is 2. The Labute approximate surface area is 206 Å². The Hall–Kier alpha value is -2.77. The van der Waals surface area contributed by atoms with Crippen molar-refractivity contribution in [2.75, 3.05) is 13.2 Å². The minimum Gasteiger partial charge on any atom is -0.492 e. The highest BCUT2D eigenvalue weighted by molar-refractivity contribution is 9.10. The molecule has 0 unspecified atom stereocenters. The zero-order chi connectivity index (χ0) is 23.7. The van der Waals surface area contributed by atoms with E-state index in [1.807, 2.05) is 63.2 Å². The first kappa shape index (κ1) is 23.4. The van der Waals surface area contributed by atoms with E-state index in [-0.39, 0.29) is 24.3 Å². The van der Waals surface area contributed by atoms with Crippen LogP contribution in [0.4, 0.5) is 4.79 Å². The summed E-state index contributed by atoms with van der Waals surface area (Å²) < 4.78 is 8.94. The summed E-state index contributed by atoms with van der Waals surface area (Å²) in [6.45, 7) is 8.58. The third kappa shape index (κ3) is 4.94. The first-order valence-corrected chi connectivity index (χ1v) is 12.3. The van der Waals surface area contributed by atoms with Gasteiger partial charge in [-0.3, -0.25) is 14.5 Å². The smallest absolute Gasteiger partial charge is 0.293 e. The van der Waals surface area contributed by atoms with Crippen LogP contribution in [-0.2, 0) is 4.79 Å². The minimum atomic E-state index is -0.276. The van der Waals surface area contributed by atoms with Gasteiger partial charge >= 0.3 is 0 Å². The van der Waals surface area contributed by atoms with Crippen LogP contribution >= 0.6 is 27.7 Å². The summed E-state index contributed by atoms with van der Waals surface area (Å²) in [5, 5.41) is -0.267. The Morgan fingerprint density at radius 1 is 1.03 bits per heavy atom. The van der Waals surface area contributed by atoms with E-state index >= 15 is 0 Å². The maximum absolute atomic E-state index is 12.9. The van der Waals surface area contributed by atoms with Crippen LogP contribution < -0.4 is 4.74 Å². The number of hydrogen-bond acceptors (Lipinski definition) is 4. The molecule has 2 amide bonds. The molecule has 4 rings (SSSR count). The molecule has 5 nitrogen and oxygen atoms in total. The van der Waals surface area contributed by atoms with Crippen molar-refractivity contribution in [2.24, 2.45) is 0 Å². The van der Waals surface area contributed by atoms with Crippen molar-refractivity contribution >= 4 is 44.9 Å². The molecular weight excluding hydrogens is 500 g/mol. The number of aromatic nitrogens is 1. The molecule has 0 saturated carbocycles. The van der Waals surface area contributed by atoms with E-state index in [0.29, 0.717) is 4.91 Å². The van der Waals surface area contributed by atoms with E-state index in [2.05, 4.69) is 39.6 Å². The molecule has 0 spiro atoms. The Balaban J connectivity index is 1.51. The molecule has 0 N–H and O–H groups in total. The molecule has 3 aromatic rings. The van der Waals surface area contributed by atoms with Crippen LogP contribution in [0.25, 0.3) is 11.8 Å². The van der Waals surface area contributed by atoms with Crippen LogP contribution in [0.1, 0.15) is 28.1 Å². The summed E-state index contributed by atoms with van der Waals surface area (Å²) >= 11 is 4.53. The molecule has 0 bridgehead atoms. The van der Waals surface area contributed by atoms with Gasteiger partial charge in [-0.25, -0.2) is 0 Å². The molecule has 170 valence electrons. The number of ether oxygens (including phenoxy) is 1. The van der Waals surface area contributed by atoms with Crippen LogP contribution in [0.3, 0.4) is 0 Å². The SMILES string of the molecule is Cc1cccc(OCCN2C(=O)S/C(=C\c3cc(C)n(-c4ccc(Br)c(C)c4)c3C)C2=O)c1. The zero-order valence-corrected chi connectivity index (χ0v) is 21.4. The Morgan fingerprint density at radius 3 is 2.55 bits per heavy atom. The Kier molecular flexibility index (Phi) is 6.81. The largest absolute Gasteiger partial charge is 0.492 e. The highest BCUT2D eigenvalue weighted by Gasteiger charge is 2.35. The number of amides is 2. The average Bonchev–Trinajstić information content (AvgIpc) is 3.19. The van der Waals surface area contributed by atoms with Crippen molar-refractivity contribution in [1.29, 1.82) is 0 Å². The number of carbonyl (C=O) groups excluding carboxylic acids is 2. The van der Waals surface area contributed by atoms with Crippen molar-refractivity contribution in [3.8, 4) is 11.4 Å². The summed E-state index contributed by atoms with van der Waals surface area (Å²) in [5.74, 6) is 0.454. The van der Waals surface area contributed by atoms with E-state index in [9.17, 15) is 9.59 Å². The molecule has 1 aliphatic heterocycles. The van der Waals surface area contributed by atoms with Gasteiger partial charge in [-0.15, -0.1) is 0 Å². The average molecular weight is 525 g/mol. The zero-order valence-electron chi connectivity index (χ0n) is 19.0. The molecule has 33 heavy (non-hydrogen) atoms. The van der Waals surface area contributed by atoms with Crippen molar-refractivity contribution in [2.45, 2.75) is 27.7 Å². The monoisotopic (exact) mass is 524 g/mol. The van der Waals surface area contributed by atoms with Crippen molar-refractivity contribution in [1.82, 2.24) is 9.47 Å². The van der Waals surface area contributed by atoms with Gasteiger partial charge < -0.3 is 9.30 Å². The lowest BCUT2D eigenvalue weighted by atomic mass is 10.2. The fraction of sp³-hybridized carbons (Fsp3) is 0.231. The fourth-order valence-corrected chi connectivity index (χ4v) is 5.00. The number of benzene rings is 2. The Morgan fingerprint density at radius 2 is 1.82 bits per heavy atom. The van der Waals surface area contributed by atoms with Gasteiger partial charge in [0.2, 0.25) is 0 Å². The predicted molar refractivity (Wildman–Crippen MR) is 137 cm³/mol. The van der Waals surface area contributed by atoms with E-state index in [1.165, 1.54) is 4.90 Å². The fourth-order valence-electron chi connectivity index (χ4n) is 3.89. The van der Waals surface area contributed by atoms with Gasteiger partial charge in [-0.05, 0) is 98.6 Å². The quantitative estimate of drug-likeness (QED) is 0.341. The van der Waals surface area contributed by atoms with Gasteiger partial charge in [-0.2, -0.15) is 0 Å². The highest BCUT2D eigenvalue weighted by Crippen LogP contribution is 2.34. The van der Waals surface area contributed by atoms with Crippen molar-refractivity contribution in [3.05, 3.63) is 86.0 Å². The summed E-state index contributed by atoms with van der Waals surface area (Å²) in [6.07, 6.45) is 1.82. The minimum absolute atomic E-state index is 0.215. The first-order chi connectivity index (χ1) is 15.7. The number of aryl methyl sites for hydroxylation is 3. The van der Waals surface area contributed by atoms with Gasteiger partial charge in [0.1, 0.15) is 12.4 Å². The summed E-state index contributed by atoms with van der Waals surface area (Å²) in [7, 11) is 0. The molecule has 1 saturated heterocycles. The van der Waals surface area contributed by atoms with Gasteiger partial charge in [0.05, 0.1) is 11.4 Å². The first-order valence-electron chi connectivity index (χ1n) is 10.6. The Bertz CT molecular complexity index is 1280. The lowest BCUT2D eigenvalue weighted by Gasteiger charge is -2.13. The second-order valence-corrected chi connectivity index (χ2v) is 9.94. The van der Waals surface area contributed by atoms with Crippen LogP contribution in [-0.4, -0.2) is 33.8 Å². The molecule has 0 atom stereocenters. The maximum Gasteiger partial charge on any atom is 0.293 e. The molecule has 7 heteroatoms. The van der Waals surface area contributed by atoms with Crippen LogP contribution in [0.5, 0.6) is 5.75 Å². The molecule has 0 radical (unpaired) electrons. The van der Waals surface area contributed by atoms with Crippen LogP contribution in [0.2, 0.25) is 0 Å². The lowest BCUT2D eigenvalue weighted by Crippen LogP contribution is -2.32. The third-order valence-corrected chi connectivity index (χ3v) is 7.40. The second-order valence-electron chi connectivity index (χ2n) is 8.09. The number of nitrogens with zero attached hydrogens (tertiary/aromatic N) is 2. The van der Waals surface area contributed by atoms with Gasteiger partial charge in [0.25, 0.3) is 11.1 Å². The van der Waals surface area contributed by atoms with Crippen LogP contribution in [0, 0.1) is 27.7 Å². The standard InChI is InChI=1S/C26H25BrN2O3S/c1-16-6-5-7-22(12-16)32-11-10-28-25(30)24(33-26(28)31)15-20-14-18(3)29(19(20)4)21-8-9-23(27)17(2)13-21/h5-9,12-15H,10-11H2,1-4H3/b24-15-. The van der Waals surface area contributed by atoms with Crippen molar-refractivity contribution in [3.63, 3.8) is 0 Å². The predicted octanol–water partition coefficient (Wildman–Crippen LogP) is 6.59. The van der Waals surface area contributed by atoms with E-state index in [4.69, 9.17) is 4.74 Å². The topological polar surface area (TPSA) is 51.5 Å². The molecule has 2 aromatic carbocycles. The molecule has 1 fully saturated rings. The van der Waals surface area contributed by atoms with Gasteiger partial charge in [0, 0.05) is 21.5 Å². The summed E-state index contributed by atoms with van der Waals surface area (Å²) in [5.41, 5.74) is 6.31. The molecular formula is C26H25BrN2O3S. The third-order valence-electron chi connectivity index (χ3n) is 5.60. The normalized spacial score (nSPS) is 15.1. The highest BCUT2D eigenvalue weighted by atomic mass is 79.9. The summed E-state index contributed by atoms with van der Waals surface area (Å²) in [6, 6.07) is 16.0. The lowest BCUT2D eigenvalue weighted by molar-refractivity contribution is -0.123. The number of imide groups is 1. The number of hydrogen-bond donors (Lipinski definition) is 0. The number of rotatable bonds is 6. The molecule has 1 aromatic heterocycles. The summed E-state index contributed by atoms with van der Waals surface area (Å²) in [4.78, 5) is 27.1. The maximum atomic E-state index is 12.9. The number of halogens is 1. The molecule has 0 aliphatic carbocycles. The molecule has 1 aliphatic rings. The van der Waals surface area contributed by atoms with E-state index in [1.54, 1.807) is 0 Å². The second kappa shape index (κ2) is 9.61. The van der Waals surface area contributed by atoms with E-state index in [0.717, 1.165) is 55.7 Å². The van der Waals surface area contributed by atoms with Gasteiger partial charge in [-0.1, -0.05) is 28.1 Å². The molecule has 2 heterocycles. The van der Waals surface area contributed by atoms with E-state index < -0.39 is 0 Å². The number of thioether (sulfide) groups is 1. The van der Waals surface area contributed by atoms with Crippen molar-refractivity contribution < 1.29 is 14.3 Å². The van der Waals surface area contributed by atoms with Crippen LogP contribution in [0.15, 0.2) is 57.9 Å². The van der Waals surface area contributed by atoms with Gasteiger partial charge in [0.15, 0.2) is 0 Å².